The number of nitrogens with two attached hydrogens (primary N) is 3. The maximum atomic E-state index is 14.5. The minimum absolute atomic E-state index is 0.0237. The molecule has 8 atom stereocenters. The van der Waals surface area contributed by atoms with Crippen LogP contribution in [-0.4, -0.2) is 144 Å². The third kappa shape index (κ3) is 18.9. The molecule has 3 rings (SSSR count). The highest BCUT2D eigenvalue weighted by atomic mass is 32.2. The molecule has 1 aromatic rings. The first-order valence-corrected chi connectivity index (χ1v) is 24.2. The average Bonchev–Trinajstić information content (AvgIpc) is 3.79. The van der Waals surface area contributed by atoms with Gasteiger partial charge in [-0.15, -0.1) is 0 Å². The van der Waals surface area contributed by atoms with E-state index in [1.165, 1.54) is 23.8 Å². The number of hydrogen-bond acceptors (Lipinski definition) is 13. The third-order valence-corrected chi connectivity index (χ3v) is 12.7. The van der Waals surface area contributed by atoms with E-state index in [-0.39, 0.29) is 62.5 Å². The number of carbonyl (C=O) groups is 11. The van der Waals surface area contributed by atoms with E-state index in [4.69, 9.17) is 21.9 Å². The molecule has 13 N–H and O–H groups in total. The summed E-state index contributed by atoms with van der Waals surface area (Å²) in [6, 6.07) is -2.40. The molecule has 2 saturated heterocycles. The van der Waals surface area contributed by atoms with Crippen LogP contribution in [0.15, 0.2) is 24.3 Å². The van der Waals surface area contributed by atoms with Gasteiger partial charge in [0.2, 0.25) is 65.0 Å². The smallest absolute Gasteiger partial charge is 0.246 e. The molecule has 1 aromatic carbocycles. The monoisotopic (exact) mass is 987 g/mol. The Morgan fingerprint density at radius 2 is 1.46 bits per heavy atom. The second kappa shape index (κ2) is 28.1. The summed E-state index contributed by atoms with van der Waals surface area (Å²) in [6.07, 6.45) is -0.176. The van der Waals surface area contributed by atoms with Crippen LogP contribution in [0.3, 0.4) is 0 Å². The number of thioether (sulfide) groups is 1. The molecule has 2 aliphatic rings. The lowest BCUT2D eigenvalue weighted by Crippen LogP contribution is -2.61. The Hall–Kier alpha value is -6.46. The number of primary amides is 3. The van der Waals surface area contributed by atoms with Crippen molar-refractivity contribution in [1.82, 2.24) is 42.1 Å². The number of amides is 11. The summed E-state index contributed by atoms with van der Waals surface area (Å²) in [6.45, 7) is 6.75. The Kier molecular flexibility index (Phi) is 23.2. The van der Waals surface area contributed by atoms with Crippen LogP contribution in [0, 0.1) is 11.8 Å². The number of benzene rings is 1. The molecule has 2 fully saturated rings. The molecule has 11 amide bonds. The van der Waals surface area contributed by atoms with Crippen LogP contribution in [0.25, 0.3) is 0 Å². The molecule has 0 bridgehead atoms. The van der Waals surface area contributed by atoms with Crippen molar-refractivity contribution in [1.29, 1.82) is 0 Å². The van der Waals surface area contributed by atoms with Crippen LogP contribution >= 0.6 is 11.8 Å². The first-order chi connectivity index (χ1) is 32.6. The van der Waals surface area contributed by atoms with Crippen LogP contribution in [0.4, 0.5) is 0 Å². The van der Waals surface area contributed by atoms with Gasteiger partial charge in [-0.1, -0.05) is 46.2 Å². The summed E-state index contributed by atoms with van der Waals surface area (Å²) in [5, 5.41) is 18.2. The molecule has 0 aliphatic carbocycles. The summed E-state index contributed by atoms with van der Waals surface area (Å²) < 4.78 is 5.25. The number of carbonyl (C=O) groups excluding carboxylic acids is 11. The van der Waals surface area contributed by atoms with Crippen molar-refractivity contribution in [2.75, 3.05) is 31.7 Å². The molecule has 1 unspecified atom stereocenters. The molecular formula is C45H69N11O12S. The summed E-state index contributed by atoms with van der Waals surface area (Å²) in [5.74, 6) is -8.59. The van der Waals surface area contributed by atoms with Crippen molar-refractivity contribution in [3.63, 3.8) is 0 Å². The van der Waals surface area contributed by atoms with Gasteiger partial charge in [0.15, 0.2) is 0 Å². The zero-order chi connectivity index (χ0) is 51.4. The Balaban J connectivity index is 2.02. The predicted octanol–water partition coefficient (Wildman–Crippen LogP) is -2.50. The first kappa shape index (κ1) is 56.9. The largest absolute Gasteiger partial charge is 0.497 e. The third-order valence-electron chi connectivity index (χ3n) is 11.6. The van der Waals surface area contributed by atoms with Crippen LogP contribution < -0.4 is 59.2 Å². The fraction of sp³-hybridized carbons (Fsp3) is 0.622. The quantitative estimate of drug-likeness (QED) is 0.0728. The number of nitrogens with zero attached hydrogens (tertiary/aromatic N) is 1. The highest BCUT2D eigenvalue weighted by molar-refractivity contribution is 7.99. The van der Waals surface area contributed by atoms with Crippen molar-refractivity contribution in [3.8, 4) is 5.75 Å². The molecule has 24 heteroatoms. The van der Waals surface area contributed by atoms with E-state index in [0.29, 0.717) is 24.2 Å². The van der Waals surface area contributed by atoms with E-state index in [1.54, 1.807) is 38.1 Å². The number of ether oxygens (including phenoxy) is 1. The van der Waals surface area contributed by atoms with Gasteiger partial charge >= 0.3 is 0 Å². The van der Waals surface area contributed by atoms with Gasteiger partial charge in [0.1, 0.15) is 48.0 Å². The minimum Gasteiger partial charge on any atom is -0.497 e. The van der Waals surface area contributed by atoms with E-state index in [1.807, 2.05) is 13.8 Å². The zero-order valence-corrected chi connectivity index (χ0v) is 40.7. The van der Waals surface area contributed by atoms with Crippen molar-refractivity contribution in [3.05, 3.63) is 29.8 Å². The van der Waals surface area contributed by atoms with Gasteiger partial charge in [0.05, 0.1) is 20.1 Å². The summed E-state index contributed by atoms with van der Waals surface area (Å²) in [5.41, 5.74) is 16.8. The van der Waals surface area contributed by atoms with Crippen LogP contribution in [0.1, 0.15) is 91.0 Å². The van der Waals surface area contributed by atoms with Crippen molar-refractivity contribution >= 4 is 76.7 Å². The molecule has 382 valence electrons. The van der Waals surface area contributed by atoms with Gasteiger partial charge in [0.25, 0.3) is 0 Å². The number of nitrogens with one attached hydrogen (secondary N) is 7. The summed E-state index contributed by atoms with van der Waals surface area (Å²) in [7, 11) is 1.50. The number of rotatable bonds is 18. The Morgan fingerprint density at radius 1 is 0.812 bits per heavy atom. The van der Waals surface area contributed by atoms with Crippen LogP contribution in [0.2, 0.25) is 0 Å². The summed E-state index contributed by atoms with van der Waals surface area (Å²) >= 11 is 1.18. The molecule has 2 aliphatic heterocycles. The second-order valence-electron chi connectivity index (χ2n) is 17.6. The SMILES string of the molecule is CC[C@H](C)[C@@H]1NC(=O)[C@H](Cc2ccc(OC)cc2)NC(=O)CCCSC[C@@H](C(=O)N2CCC[C@H]2C(=O)NC(CC(C)C)C(=O)NCC(N)=O)NC(=O)[C@H](CC(N)=O)NC(=O)[C@H](CCC(N)=O)NC1=O. The van der Waals surface area contributed by atoms with Gasteiger partial charge in [-0.3, -0.25) is 52.7 Å². The lowest BCUT2D eigenvalue weighted by molar-refractivity contribution is -0.142. The minimum atomic E-state index is -1.71. The molecule has 23 nitrogen and oxygen atoms in total. The average molecular weight is 988 g/mol. The second-order valence-corrected chi connectivity index (χ2v) is 18.8. The molecule has 0 spiro atoms. The van der Waals surface area contributed by atoms with Crippen molar-refractivity contribution < 1.29 is 57.5 Å². The van der Waals surface area contributed by atoms with E-state index >= 15 is 0 Å². The number of hydrogen-bond donors (Lipinski definition) is 10. The van der Waals surface area contributed by atoms with E-state index in [2.05, 4.69) is 37.2 Å². The normalized spacial score (nSPS) is 23.2. The van der Waals surface area contributed by atoms with E-state index in [9.17, 15) is 52.7 Å². The summed E-state index contributed by atoms with van der Waals surface area (Å²) in [4.78, 5) is 148. The van der Waals surface area contributed by atoms with Crippen molar-refractivity contribution in [2.45, 2.75) is 134 Å². The Morgan fingerprint density at radius 3 is 2.07 bits per heavy atom. The topological polar surface area (TPSA) is 363 Å². The Labute approximate surface area is 405 Å². The maximum Gasteiger partial charge on any atom is 0.246 e. The van der Waals surface area contributed by atoms with E-state index in [0.717, 1.165) is 0 Å². The van der Waals surface area contributed by atoms with Crippen LogP contribution in [-0.2, 0) is 59.2 Å². The molecule has 2 heterocycles. The highest BCUT2D eigenvalue weighted by Crippen LogP contribution is 2.22. The van der Waals surface area contributed by atoms with E-state index < -0.39 is 133 Å². The van der Waals surface area contributed by atoms with Gasteiger partial charge in [-0.05, 0) is 67.4 Å². The predicted molar refractivity (Wildman–Crippen MR) is 253 cm³/mol. The molecule has 69 heavy (non-hydrogen) atoms. The fourth-order valence-corrected chi connectivity index (χ4v) is 8.66. The fourth-order valence-electron chi connectivity index (χ4n) is 7.68. The van der Waals surface area contributed by atoms with Crippen LogP contribution in [0.5, 0.6) is 5.75 Å². The zero-order valence-electron chi connectivity index (χ0n) is 39.9. The lowest BCUT2D eigenvalue weighted by Gasteiger charge is -2.31. The first-order valence-electron chi connectivity index (χ1n) is 23.1. The van der Waals surface area contributed by atoms with Crippen molar-refractivity contribution in [2.24, 2.45) is 29.0 Å². The van der Waals surface area contributed by atoms with Gasteiger partial charge < -0.3 is 64.1 Å². The van der Waals surface area contributed by atoms with Gasteiger partial charge in [-0.25, -0.2) is 0 Å². The molecule has 0 radical (unpaired) electrons. The maximum absolute atomic E-state index is 14.5. The van der Waals surface area contributed by atoms with Gasteiger partial charge in [-0.2, -0.15) is 11.8 Å². The van der Waals surface area contributed by atoms with Gasteiger partial charge in [0, 0.05) is 31.6 Å². The number of methoxy groups -OCH3 is 1. The standard InChI is InChI=1S/C45H69N11O12S/c1-6-25(4)38-44(66)51-28(15-16-34(46)57)40(62)52-31(21-35(47)58)41(63)54-32(23-69-18-8-10-37(60)50-30(42(64)55-38)20-26-11-13-27(68-5)14-12-26)45(67)56-17-7-9-33(56)43(65)53-29(19-24(2)3)39(61)49-22-36(48)59/h11-14,24-25,28-33,38H,6-10,15-23H2,1-5H3,(H2,46,57)(H2,47,58)(H2,48,59)(H,49,61)(H,50,60)(H,51,66)(H,52,62)(H,53,65)(H,54,63)(H,55,64)/t25-,28-,29?,30-,31-,32-,33-,38-/m0/s1. The lowest BCUT2D eigenvalue weighted by atomic mass is 9.96. The highest BCUT2D eigenvalue weighted by Gasteiger charge is 2.40. The molecular weight excluding hydrogens is 919 g/mol. The number of likely N-dealkylation sites (tertiary alicyclic amines) is 1. The molecule has 0 aromatic heterocycles. The Bertz CT molecular complexity index is 2020. The molecule has 0 saturated carbocycles.